The number of esters is 1. The second kappa shape index (κ2) is 6.90. The van der Waals surface area contributed by atoms with Crippen molar-refractivity contribution in [2.75, 3.05) is 13.2 Å². The third-order valence-electron chi connectivity index (χ3n) is 2.68. The molecule has 0 spiro atoms. The summed E-state index contributed by atoms with van der Waals surface area (Å²) in [5.41, 5.74) is 0.608. The summed E-state index contributed by atoms with van der Waals surface area (Å²) >= 11 is 3.40. The summed E-state index contributed by atoms with van der Waals surface area (Å²) in [6, 6.07) is 8.18. The lowest BCUT2D eigenvalue weighted by molar-refractivity contribution is -0.149. The minimum absolute atomic E-state index is 0.208. The van der Waals surface area contributed by atoms with Gasteiger partial charge in [0, 0.05) is 11.0 Å². The largest absolute Gasteiger partial charge is 0.465 e. The van der Waals surface area contributed by atoms with Crippen LogP contribution in [0.3, 0.4) is 0 Å². The molecule has 0 saturated carbocycles. The number of carbonyl (C=O) groups excluding carboxylic acids is 1. The maximum absolute atomic E-state index is 11.7. The van der Waals surface area contributed by atoms with E-state index in [1.54, 1.807) is 0 Å². The quantitative estimate of drug-likeness (QED) is 0.821. The van der Waals surface area contributed by atoms with Crippen molar-refractivity contribution >= 4 is 21.9 Å². The van der Waals surface area contributed by atoms with Gasteiger partial charge >= 0.3 is 5.97 Å². The number of halogens is 1. The first kappa shape index (κ1) is 15.2. The Labute approximate surface area is 117 Å². The minimum atomic E-state index is -0.634. The maximum atomic E-state index is 11.7. The fourth-order valence-corrected chi connectivity index (χ4v) is 1.82. The van der Waals surface area contributed by atoms with E-state index in [0.29, 0.717) is 6.61 Å². The predicted octanol–water partition coefficient (Wildman–Crippen LogP) is 2.92. The Balaban J connectivity index is 2.41. The molecule has 1 aromatic rings. The minimum Gasteiger partial charge on any atom is -0.465 e. The molecule has 18 heavy (non-hydrogen) atoms. The van der Waals surface area contributed by atoms with Gasteiger partial charge in [-0.25, -0.2) is 0 Å². The van der Waals surface area contributed by atoms with Gasteiger partial charge in [-0.3, -0.25) is 4.79 Å². The average molecular weight is 314 g/mol. The molecule has 0 atom stereocenters. The standard InChI is InChI=1S/C14H20BrNO2/c1-4-18-13(17)14(2,3)16-10-9-11-5-7-12(15)8-6-11/h5-8,16H,4,9-10H2,1-3H3. The van der Waals surface area contributed by atoms with Gasteiger partial charge in [0.05, 0.1) is 6.61 Å². The lowest BCUT2D eigenvalue weighted by Crippen LogP contribution is -2.48. The van der Waals surface area contributed by atoms with Gasteiger partial charge in [0.15, 0.2) is 0 Å². The van der Waals surface area contributed by atoms with Crippen molar-refractivity contribution in [2.45, 2.75) is 32.7 Å². The van der Waals surface area contributed by atoms with Crippen molar-refractivity contribution in [3.63, 3.8) is 0 Å². The highest BCUT2D eigenvalue weighted by atomic mass is 79.9. The summed E-state index contributed by atoms with van der Waals surface area (Å²) in [6.07, 6.45) is 0.885. The molecule has 0 saturated heterocycles. The van der Waals surface area contributed by atoms with Gasteiger partial charge in [-0.2, -0.15) is 0 Å². The zero-order chi connectivity index (χ0) is 13.6. The Bertz CT molecular complexity index is 387. The average Bonchev–Trinajstić information content (AvgIpc) is 2.32. The van der Waals surface area contributed by atoms with Crippen molar-refractivity contribution in [2.24, 2.45) is 0 Å². The van der Waals surface area contributed by atoms with Crippen LogP contribution in [0.15, 0.2) is 28.7 Å². The summed E-state index contributed by atoms with van der Waals surface area (Å²) in [6.45, 7) is 6.65. The third-order valence-corrected chi connectivity index (χ3v) is 3.21. The number of rotatable bonds is 6. The number of carbonyl (C=O) groups is 1. The van der Waals surface area contributed by atoms with E-state index in [2.05, 4.69) is 33.4 Å². The molecule has 0 amide bonds. The van der Waals surface area contributed by atoms with Crippen molar-refractivity contribution in [1.29, 1.82) is 0 Å². The van der Waals surface area contributed by atoms with E-state index < -0.39 is 5.54 Å². The van der Waals surface area contributed by atoms with Crippen molar-refractivity contribution in [1.82, 2.24) is 5.32 Å². The molecule has 0 radical (unpaired) electrons. The smallest absolute Gasteiger partial charge is 0.325 e. The lowest BCUT2D eigenvalue weighted by Gasteiger charge is -2.23. The highest BCUT2D eigenvalue weighted by molar-refractivity contribution is 9.10. The van der Waals surface area contributed by atoms with E-state index in [0.717, 1.165) is 17.4 Å². The van der Waals surface area contributed by atoms with Gasteiger partial charge in [-0.1, -0.05) is 28.1 Å². The number of nitrogens with one attached hydrogen (secondary N) is 1. The van der Waals surface area contributed by atoms with Crippen LogP contribution in [0.4, 0.5) is 0 Å². The van der Waals surface area contributed by atoms with Crippen LogP contribution in [0, 0.1) is 0 Å². The fraction of sp³-hybridized carbons (Fsp3) is 0.500. The van der Waals surface area contributed by atoms with Crippen LogP contribution in [0.1, 0.15) is 26.3 Å². The second-order valence-electron chi connectivity index (χ2n) is 4.65. The van der Waals surface area contributed by atoms with E-state index in [9.17, 15) is 4.79 Å². The second-order valence-corrected chi connectivity index (χ2v) is 5.56. The Morgan fingerprint density at radius 3 is 2.50 bits per heavy atom. The summed E-state index contributed by atoms with van der Waals surface area (Å²) < 4.78 is 6.09. The molecule has 100 valence electrons. The first-order chi connectivity index (χ1) is 8.45. The molecule has 0 heterocycles. The van der Waals surface area contributed by atoms with Crippen LogP contribution in [-0.4, -0.2) is 24.7 Å². The van der Waals surface area contributed by atoms with Gasteiger partial charge in [0.25, 0.3) is 0 Å². The molecule has 1 N–H and O–H groups in total. The molecule has 0 unspecified atom stereocenters. The Morgan fingerprint density at radius 2 is 1.94 bits per heavy atom. The van der Waals surface area contributed by atoms with Crippen LogP contribution in [0.2, 0.25) is 0 Å². The predicted molar refractivity (Wildman–Crippen MR) is 76.6 cm³/mol. The molecule has 0 fully saturated rings. The molecule has 0 aliphatic carbocycles. The molecule has 1 aromatic carbocycles. The van der Waals surface area contributed by atoms with Crippen molar-refractivity contribution in [3.05, 3.63) is 34.3 Å². The maximum Gasteiger partial charge on any atom is 0.325 e. The Morgan fingerprint density at radius 1 is 1.33 bits per heavy atom. The van der Waals surface area contributed by atoms with E-state index in [1.807, 2.05) is 32.9 Å². The molecule has 3 nitrogen and oxygen atoms in total. The number of ether oxygens (including phenoxy) is 1. The summed E-state index contributed by atoms with van der Waals surface area (Å²) in [7, 11) is 0. The van der Waals surface area contributed by atoms with Crippen LogP contribution < -0.4 is 5.32 Å². The zero-order valence-corrected chi connectivity index (χ0v) is 12.7. The molecule has 0 aromatic heterocycles. The molecular weight excluding hydrogens is 294 g/mol. The molecule has 0 aliphatic heterocycles. The van der Waals surface area contributed by atoms with E-state index in [4.69, 9.17) is 4.74 Å². The van der Waals surface area contributed by atoms with Gasteiger partial charge in [0.2, 0.25) is 0 Å². The summed E-state index contributed by atoms with van der Waals surface area (Å²) in [5, 5.41) is 3.22. The van der Waals surface area contributed by atoms with E-state index in [-0.39, 0.29) is 5.97 Å². The van der Waals surface area contributed by atoms with Gasteiger partial charge in [-0.05, 0) is 44.9 Å². The molecule has 1 rings (SSSR count). The zero-order valence-electron chi connectivity index (χ0n) is 11.1. The number of benzene rings is 1. The Hall–Kier alpha value is -0.870. The van der Waals surface area contributed by atoms with Gasteiger partial charge in [0.1, 0.15) is 5.54 Å². The summed E-state index contributed by atoms with van der Waals surface area (Å²) in [4.78, 5) is 11.7. The molecule has 0 aliphatic rings. The van der Waals surface area contributed by atoms with E-state index >= 15 is 0 Å². The lowest BCUT2D eigenvalue weighted by atomic mass is 10.1. The molecular formula is C14H20BrNO2. The highest BCUT2D eigenvalue weighted by Gasteiger charge is 2.27. The van der Waals surface area contributed by atoms with E-state index in [1.165, 1.54) is 5.56 Å². The van der Waals surface area contributed by atoms with Crippen LogP contribution in [-0.2, 0) is 16.0 Å². The third kappa shape index (κ3) is 4.78. The summed E-state index contributed by atoms with van der Waals surface area (Å²) in [5.74, 6) is -0.208. The first-order valence-corrected chi connectivity index (χ1v) is 6.91. The number of hydrogen-bond acceptors (Lipinski definition) is 3. The monoisotopic (exact) mass is 313 g/mol. The molecule has 4 heteroatoms. The Kier molecular flexibility index (Phi) is 5.82. The van der Waals surface area contributed by atoms with Crippen LogP contribution in [0.25, 0.3) is 0 Å². The van der Waals surface area contributed by atoms with Gasteiger partial charge < -0.3 is 10.1 Å². The highest BCUT2D eigenvalue weighted by Crippen LogP contribution is 2.11. The van der Waals surface area contributed by atoms with Crippen molar-refractivity contribution < 1.29 is 9.53 Å². The van der Waals surface area contributed by atoms with Crippen LogP contribution in [0.5, 0.6) is 0 Å². The first-order valence-electron chi connectivity index (χ1n) is 6.12. The van der Waals surface area contributed by atoms with Gasteiger partial charge in [-0.15, -0.1) is 0 Å². The topological polar surface area (TPSA) is 38.3 Å². The number of hydrogen-bond donors (Lipinski definition) is 1. The molecule has 0 bridgehead atoms. The SMILES string of the molecule is CCOC(=O)C(C)(C)NCCc1ccc(Br)cc1. The van der Waals surface area contributed by atoms with Crippen molar-refractivity contribution in [3.8, 4) is 0 Å². The normalized spacial score (nSPS) is 11.3. The van der Waals surface area contributed by atoms with Crippen LogP contribution >= 0.6 is 15.9 Å². The fourth-order valence-electron chi connectivity index (χ4n) is 1.55.